The van der Waals surface area contributed by atoms with Gasteiger partial charge < -0.3 is 9.84 Å². The van der Waals surface area contributed by atoms with Crippen molar-refractivity contribution < 1.29 is 41.4 Å². The smallest absolute Gasteiger partial charge is 0.343 e. The first kappa shape index (κ1) is 65.6. The van der Waals surface area contributed by atoms with Crippen LogP contribution in [-0.4, -0.2) is 17.0 Å². The van der Waals surface area contributed by atoms with Gasteiger partial charge in [-0.2, -0.15) is 8.78 Å². The third-order valence-corrected chi connectivity index (χ3v) is 16.2. The summed E-state index contributed by atoms with van der Waals surface area (Å²) in [6.45, 7) is 0. The van der Waals surface area contributed by atoms with Gasteiger partial charge in [-0.3, -0.25) is 0 Å². The predicted molar refractivity (Wildman–Crippen MR) is 378 cm³/mol. The van der Waals surface area contributed by atoms with E-state index in [4.69, 9.17) is 0 Å². The molecule has 4 nitrogen and oxygen atoms in total. The summed E-state index contributed by atoms with van der Waals surface area (Å²) < 4.78 is 74.2. The number of carbonyl (C=O) groups is 2. The van der Waals surface area contributed by atoms with E-state index < -0.39 is 46.8 Å². The molecule has 0 fully saturated rings. The van der Waals surface area contributed by atoms with Crippen LogP contribution in [0.4, 0.5) is 22.0 Å². The minimum absolute atomic E-state index is 0.152. The molecule has 0 bridgehead atoms. The minimum Gasteiger partial charge on any atom is -0.478 e. The minimum atomic E-state index is -2.34. The van der Waals surface area contributed by atoms with Crippen LogP contribution in [0.1, 0.15) is 87.5 Å². The van der Waals surface area contributed by atoms with Crippen LogP contribution in [-0.2, 0) is 0 Å². The molecule has 468 valence electrons. The number of carboxylic acid groups (broad SMARTS) is 1. The highest BCUT2D eigenvalue weighted by atomic mass is 79.9. The van der Waals surface area contributed by atoms with Crippen molar-refractivity contribution in [3.63, 3.8) is 0 Å². The number of halogens is 6. The van der Waals surface area contributed by atoms with Crippen molar-refractivity contribution in [1.29, 1.82) is 0 Å². The van der Waals surface area contributed by atoms with E-state index in [-0.39, 0.29) is 11.1 Å². The fraction of sp³-hybridized carbons (Fsp3) is 0. The molecule has 0 heterocycles. The predicted octanol–water partition coefficient (Wildman–Crippen LogP) is 22.5. The average Bonchev–Trinajstić information content (AvgIpc) is 0.815. The van der Waals surface area contributed by atoms with Crippen molar-refractivity contribution in [3.05, 3.63) is 457 Å². The number of carbonyl (C=O) groups excluding carboxylic acids is 1. The fourth-order valence-electron chi connectivity index (χ4n) is 11.2. The maximum atomic E-state index is 14.0. The van der Waals surface area contributed by atoms with Crippen LogP contribution in [0.2, 0.25) is 0 Å². The third kappa shape index (κ3) is 15.6. The summed E-state index contributed by atoms with van der Waals surface area (Å²) in [5.41, 5.74) is 19.2. The van der Waals surface area contributed by atoms with Gasteiger partial charge in [0.1, 0.15) is 0 Å². The van der Waals surface area contributed by atoms with E-state index in [1.807, 2.05) is 158 Å². The van der Waals surface area contributed by atoms with Gasteiger partial charge >= 0.3 is 11.9 Å². The number of esters is 1. The summed E-state index contributed by atoms with van der Waals surface area (Å²) in [4.78, 5) is 24.0. The molecular formula is C86H58BrF5O4. The van der Waals surface area contributed by atoms with Crippen molar-refractivity contribution in [3.8, 4) is 5.75 Å². The van der Waals surface area contributed by atoms with Crippen LogP contribution < -0.4 is 4.74 Å². The monoisotopic (exact) mass is 1330 g/mol. The number of ether oxygens (including phenoxy) is 1. The van der Waals surface area contributed by atoms with Crippen molar-refractivity contribution >= 4 is 61.3 Å². The van der Waals surface area contributed by atoms with Crippen LogP contribution in [0.25, 0.3) is 33.4 Å². The van der Waals surface area contributed by atoms with Gasteiger partial charge in [0.15, 0.2) is 0 Å². The highest BCUT2D eigenvalue weighted by Crippen LogP contribution is 2.41. The zero-order valence-electron chi connectivity index (χ0n) is 51.3. The summed E-state index contributed by atoms with van der Waals surface area (Å²) in [6, 6.07) is 113. The standard InChI is InChI=1S/C33H19F5O2.C27H20O2.C26H19Br/c34-27-28(35)30(37)32(31(38)29(27)36)40-33(39)24-18-16-23(17-19-24)26(22-14-8-3-9-15-22)25(20-10-4-1-5-11-20)21-12-6-2-7-13-21;28-27(29)24-18-16-23(17-19-24)26(22-14-8-3-9-15-22)25(20-10-4-1-5-11-20)21-12-6-2-7-13-21;27-24-18-16-23(17-19-24)26(22-14-8-3-9-15-22)25(20-10-4-1-5-11-20)21-12-6-2-7-13-21/h1-19H;1-19H,(H,28,29);1-19H. The lowest BCUT2D eigenvalue weighted by atomic mass is 9.85. The summed E-state index contributed by atoms with van der Waals surface area (Å²) in [6.07, 6.45) is 0. The second-order valence-electron chi connectivity index (χ2n) is 21.8. The Morgan fingerprint density at radius 1 is 0.229 bits per heavy atom. The van der Waals surface area contributed by atoms with Gasteiger partial charge in [0.05, 0.1) is 11.1 Å². The first-order valence-electron chi connectivity index (χ1n) is 30.6. The van der Waals surface area contributed by atoms with E-state index in [0.29, 0.717) is 5.56 Å². The number of hydrogen-bond donors (Lipinski definition) is 1. The molecule has 0 radical (unpaired) electrons. The van der Waals surface area contributed by atoms with Gasteiger partial charge in [0.2, 0.25) is 34.8 Å². The third-order valence-electron chi connectivity index (χ3n) is 15.6. The molecule has 13 aromatic rings. The maximum absolute atomic E-state index is 14.0. The van der Waals surface area contributed by atoms with Gasteiger partial charge in [-0.1, -0.05) is 325 Å². The molecule has 0 aliphatic rings. The lowest BCUT2D eigenvalue weighted by Crippen LogP contribution is -2.13. The molecule has 13 rings (SSSR count). The zero-order chi connectivity index (χ0) is 66.8. The van der Waals surface area contributed by atoms with Crippen LogP contribution in [0.15, 0.2) is 350 Å². The van der Waals surface area contributed by atoms with Crippen LogP contribution >= 0.6 is 15.9 Å². The number of aromatic carboxylic acids is 1. The SMILES string of the molecule is Brc1ccc(C(=C(c2ccccc2)c2ccccc2)c2ccccc2)cc1.O=C(O)c1ccc(C(=C(c2ccccc2)c2ccccc2)c2ccccc2)cc1.O=C(Oc1c(F)c(F)c(F)c(F)c1F)c1ccc(C(=C(c2ccccc2)c2ccccc2)c2ccccc2)cc1. The molecular weight excluding hydrogens is 1270 g/mol. The average molecular weight is 1330 g/mol. The van der Waals surface area contributed by atoms with Crippen molar-refractivity contribution in [2.75, 3.05) is 0 Å². The number of rotatable bonds is 15. The Kier molecular flexibility index (Phi) is 21.6. The summed E-state index contributed by atoms with van der Waals surface area (Å²) in [5, 5.41) is 9.28. The quantitative estimate of drug-likeness (QED) is 0.0277. The molecule has 1 N–H and O–H groups in total. The summed E-state index contributed by atoms with van der Waals surface area (Å²) in [5.74, 6) is -15.1. The van der Waals surface area contributed by atoms with Crippen LogP contribution in [0.3, 0.4) is 0 Å². The molecule has 0 aliphatic carbocycles. The van der Waals surface area contributed by atoms with Crippen LogP contribution in [0, 0.1) is 29.1 Å². The Bertz CT molecular complexity index is 4700. The van der Waals surface area contributed by atoms with Crippen LogP contribution in [0.5, 0.6) is 5.75 Å². The Morgan fingerprint density at radius 2 is 0.396 bits per heavy atom. The molecule has 0 spiro atoms. The molecule has 96 heavy (non-hydrogen) atoms. The van der Waals surface area contributed by atoms with Crippen molar-refractivity contribution in [2.24, 2.45) is 0 Å². The molecule has 0 unspecified atom stereocenters. The Hall–Kier alpha value is -11.9. The summed E-state index contributed by atoms with van der Waals surface area (Å²) >= 11 is 3.56. The van der Waals surface area contributed by atoms with Gasteiger partial charge in [-0.15, -0.1) is 0 Å². The Balaban J connectivity index is 0.000000150. The normalized spacial score (nSPS) is 10.5. The van der Waals surface area contributed by atoms with Crippen molar-refractivity contribution in [2.45, 2.75) is 0 Å². The molecule has 0 amide bonds. The van der Waals surface area contributed by atoms with E-state index in [2.05, 4.69) is 172 Å². The van der Waals surface area contributed by atoms with Gasteiger partial charge in [-0.25, -0.2) is 22.8 Å². The maximum Gasteiger partial charge on any atom is 0.343 e. The number of benzene rings is 13. The molecule has 0 saturated heterocycles. The van der Waals surface area contributed by atoms with E-state index in [0.717, 1.165) is 65.7 Å². The second kappa shape index (κ2) is 31.7. The largest absolute Gasteiger partial charge is 0.478 e. The van der Waals surface area contributed by atoms with Gasteiger partial charge in [-0.05, 0) is 137 Å². The van der Waals surface area contributed by atoms with E-state index in [9.17, 15) is 36.6 Å². The lowest BCUT2D eigenvalue weighted by molar-refractivity contribution is 0.0692. The summed E-state index contributed by atoms with van der Waals surface area (Å²) in [7, 11) is 0. The molecule has 10 heteroatoms. The van der Waals surface area contributed by atoms with E-state index in [1.54, 1.807) is 24.3 Å². The highest BCUT2D eigenvalue weighted by Gasteiger charge is 2.29. The Morgan fingerprint density at radius 3 is 0.604 bits per heavy atom. The Labute approximate surface area is 562 Å². The van der Waals surface area contributed by atoms with Gasteiger partial charge in [0, 0.05) is 4.47 Å². The van der Waals surface area contributed by atoms with E-state index in [1.165, 1.54) is 45.5 Å². The second-order valence-corrected chi connectivity index (χ2v) is 22.7. The number of carboxylic acids is 1. The fourth-order valence-corrected chi connectivity index (χ4v) is 11.4. The highest BCUT2D eigenvalue weighted by molar-refractivity contribution is 9.10. The number of hydrogen-bond acceptors (Lipinski definition) is 3. The van der Waals surface area contributed by atoms with Crippen molar-refractivity contribution in [1.82, 2.24) is 0 Å². The lowest BCUT2D eigenvalue weighted by Gasteiger charge is -2.18. The van der Waals surface area contributed by atoms with E-state index >= 15 is 0 Å². The van der Waals surface area contributed by atoms with Gasteiger partial charge in [0.25, 0.3) is 0 Å². The topological polar surface area (TPSA) is 63.6 Å². The molecule has 13 aromatic carbocycles. The first-order chi connectivity index (χ1) is 46.9. The first-order valence-corrected chi connectivity index (χ1v) is 31.4. The molecule has 0 aliphatic heterocycles. The molecule has 0 saturated carbocycles. The zero-order valence-corrected chi connectivity index (χ0v) is 52.9. The molecule has 0 atom stereocenters. The molecule has 0 aromatic heterocycles.